The van der Waals surface area contributed by atoms with Crippen LogP contribution in [0.5, 0.6) is 0 Å². The maximum absolute atomic E-state index is 12.3. The van der Waals surface area contributed by atoms with Crippen LogP contribution in [0.2, 0.25) is 5.02 Å². The van der Waals surface area contributed by atoms with Crippen molar-refractivity contribution in [2.45, 2.75) is 6.10 Å². The Morgan fingerprint density at radius 3 is 3.00 bits per heavy atom. The number of carbonyl (C=O) groups is 1. The molecule has 1 heterocycles. The van der Waals surface area contributed by atoms with Gasteiger partial charge in [0, 0.05) is 18.7 Å². The zero-order valence-electron chi connectivity index (χ0n) is 10.3. The van der Waals surface area contributed by atoms with Gasteiger partial charge in [0.2, 0.25) is 0 Å². The van der Waals surface area contributed by atoms with Gasteiger partial charge in [-0.25, -0.2) is 0 Å². The Morgan fingerprint density at radius 2 is 2.35 bits per heavy atom. The second kappa shape index (κ2) is 5.86. The third-order valence-corrected chi connectivity index (χ3v) is 3.22. The Morgan fingerprint density at radius 1 is 1.60 bits per heavy atom. The van der Waals surface area contributed by atoms with Gasteiger partial charge in [-0.1, -0.05) is 11.6 Å². The van der Waals surface area contributed by atoms with Gasteiger partial charge >= 0.3 is 0 Å². The van der Waals surface area contributed by atoms with Crippen LogP contribution in [-0.2, 0) is 4.74 Å². The fourth-order valence-corrected chi connectivity index (χ4v) is 2.07. The van der Waals surface area contributed by atoms with Gasteiger partial charge in [0.25, 0.3) is 11.6 Å². The molecule has 0 aromatic heterocycles. The van der Waals surface area contributed by atoms with Crippen LogP contribution in [-0.4, -0.2) is 41.5 Å². The average Bonchev–Trinajstić information content (AvgIpc) is 2.46. The molecule has 1 aromatic carbocycles. The van der Waals surface area contributed by atoms with Gasteiger partial charge in [0.15, 0.2) is 6.10 Å². The molecule has 1 atom stereocenters. The molecule has 20 heavy (non-hydrogen) atoms. The minimum atomic E-state index is -0.690. The van der Waals surface area contributed by atoms with Crippen molar-refractivity contribution < 1.29 is 14.5 Å². The number of nitrogens with zero attached hydrogens (tertiary/aromatic N) is 3. The van der Waals surface area contributed by atoms with Crippen molar-refractivity contribution in [2.24, 2.45) is 0 Å². The molecular weight excluding hydrogens is 286 g/mol. The van der Waals surface area contributed by atoms with Crippen LogP contribution < -0.4 is 0 Å². The van der Waals surface area contributed by atoms with Gasteiger partial charge in [-0.3, -0.25) is 14.9 Å². The zero-order chi connectivity index (χ0) is 14.7. The van der Waals surface area contributed by atoms with E-state index in [2.05, 4.69) is 0 Å². The predicted octanol–water partition coefficient (Wildman–Crippen LogP) is 1.61. The Hall–Kier alpha value is -2.17. The van der Waals surface area contributed by atoms with E-state index in [4.69, 9.17) is 21.6 Å². The highest BCUT2D eigenvalue weighted by molar-refractivity contribution is 6.33. The lowest BCUT2D eigenvalue weighted by molar-refractivity contribution is -0.384. The first kappa shape index (κ1) is 14.2. The average molecular weight is 296 g/mol. The van der Waals surface area contributed by atoms with E-state index in [0.717, 1.165) is 6.07 Å². The van der Waals surface area contributed by atoms with E-state index in [-0.39, 0.29) is 29.4 Å². The normalized spacial score (nSPS) is 18.4. The molecule has 0 spiro atoms. The maximum Gasteiger partial charge on any atom is 0.270 e. The summed E-state index contributed by atoms with van der Waals surface area (Å²) in [7, 11) is 0. The van der Waals surface area contributed by atoms with Crippen LogP contribution in [0.3, 0.4) is 0 Å². The monoisotopic (exact) mass is 295 g/mol. The molecule has 1 aliphatic rings. The molecule has 1 saturated heterocycles. The summed E-state index contributed by atoms with van der Waals surface area (Å²) in [6, 6.07) is 5.61. The molecular formula is C12H10ClN3O4. The number of amides is 1. The van der Waals surface area contributed by atoms with E-state index < -0.39 is 16.9 Å². The summed E-state index contributed by atoms with van der Waals surface area (Å²) in [5.74, 6) is -0.442. The SMILES string of the molecule is N#C[C@@H]1CN(C(=O)c2cc([N+](=O)[O-])ccc2Cl)CCO1. The summed E-state index contributed by atoms with van der Waals surface area (Å²) >= 11 is 5.92. The van der Waals surface area contributed by atoms with Crippen molar-refractivity contribution in [3.63, 3.8) is 0 Å². The highest BCUT2D eigenvalue weighted by Gasteiger charge is 2.27. The van der Waals surface area contributed by atoms with E-state index in [9.17, 15) is 14.9 Å². The van der Waals surface area contributed by atoms with Crippen molar-refractivity contribution in [1.82, 2.24) is 4.90 Å². The highest BCUT2D eigenvalue weighted by Crippen LogP contribution is 2.24. The molecule has 0 bridgehead atoms. The summed E-state index contributed by atoms with van der Waals surface area (Å²) in [6.07, 6.45) is -0.690. The zero-order valence-corrected chi connectivity index (χ0v) is 11.0. The van der Waals surface area contributed by atoms with Crippen molar-refractivity contribution in [1.29, 1.82) is 5.26 Å². The molecule has 0 saturated carbocycles. The van der Waals surface area contributed by atoms with Gasteiger partial charge in [0.1, 0.15) is 0 Å². The maximum atomic E-state index is 12.3. The van der Waals surface area contributed by atoms with Crippen LogP contribution in [0.1, 0.15) is 10.4 Å². The van der Waals surface area contributed by atoms with Crippen molar-refractivity contribution >= 4 is 23.2 Å². The number of nitro groups is 1. The second-order valence-corrected chi connectivity index (χ2v) is 4.57. The number of rotatable bonds is 2. The van der Waals surface area contributed by atoms with E-state index in [1.165, 1.54) is 17.0 Å². The number of non-ortho nitro benzene ring substituents is 1. The minimum Gasteiger partial charge on any atom is -0.360 e. The molecule has 104 valence electrons. The van der Waals surface area contributed by atoms with Gasteiger partial charge in [-0.15, -0.1) is 0 Å². The molecule has 8 heteroatoms. The number of nitro benzene ring substituents is 1. The third kappa shape index (κ3) is 2.87. The lowest BCUT2D eigenvalue weighted by Gasteiger charge is -2.29. The molecule has 1 aromatic rings. The molecule has 0 unspecified atom stereocenters. The molecule has 0 N–H and O–H groups in total. The van der Waals surface area contributed by atoms with Crippen molar-refractivity contribution in [3.05, 3.63) is 38.9 Å². The van der Waals surface area contributed by atoms with Gasteiger partial charge in [-0.05, 0) is 6.07 Å². The number of nitriles is 1. The quantitative estimate of drug-likeness (QED) is 0.610. The Bertz CT molecular complexity index is 599. The minimum absolute atomic E-state index is 0.0551. The Labute approximate surface area is 119 Å². The standard InChI is InChI=1S/C12H10ClN3O4/c13-11-2-1-8(16(18)19)5-10(11)12(17)15-3-4-20-9(6-14)7-15/h1-2,5,9H,3-4,7H2/t9-/m1/s1. The second-order valence-electron chi connectivity index (χ2n) is 4.16. The number of benzene rings is 1. The van der Waals surface area contributed by atoms with Crippen molar-refractivity contribution in [3.8, 4) is 6.07 Å². The first-order valence-corrected chi connectivity index (χ1v) is 6.15. The summed E-state index contributed by atoms with van der Waals surface area (Å²) in [5, 5.41) is 19.7. The lowest BCUT2D eigenvalue weighted by atomic mass is 10.1. The van der Waals surface area contributed by atoms with Crippen LogP contribution in [0.25, 0.3) is 0 Å². The van der Waals surface area contributed by atoms with Crippen LogP contribution in [0, 0.1) is 21.4 Å². The number of morpholine rings is 1. The summed E-state index contributed by atoms with van der Waals surface area (Å²) in [4.78, 5) is 23.9. The number of hydrogen-bond acceptors (Lipinski definition) is 5. The highest BCUT2D eigenvalue weighted by atomic mass is 35.5. The summed E-state index contributed by atoms with van der Waals surface area (Å²) < 4.78 is 5.14. The molecule has 2 rings (SSSR count). The topological polar surface area (TPSA) is 96.5 Å². The van der Waals surface area contributed by atoms with Crippen LogP contribution >= 0.6 is 11.6 Å². The van der Waals surface area contributed by atoms with Crippen LogP contribution in [0.15, 0.2) is 18.2 Å². The fraction of sp³-hybridized carbons (Fsp3) is 0.333. The first-order chi connectivity index (χ1) is 9.52. The molecule has 0 aliphatic carbocycles. The number of halogens is 1. The first-order valence-electron chi connectivity index (χ1n) is 5.77. The number of ether oxygens (including phenoxy) is 1. The summed E-state index contributed by atoms with van der Waals surface area (Å²) in [6.45, 7) is 0.681. The summed E-state index contributed by atoms with van der Waals surface area (Å²) in [5.41, 5.74) is -0.151. The van der Waals surface area contributed by atoms with Gasteiger partial charge < -0.3 is 9.64 Å². The Balaban J connectivity index is 2.26. The molecule has 1 amide bonds. The van der Waals surface area contributed by atoms with Gasteiger partial charge in [-0.2, -0.15) is 5.26 Å². The van der Waals surface area contributed by atoms with E-state index in [1.54, 1.807) is 0 Å². The molecule has 1 aliphatic heterocycles. The predicted molar refractivity (Wildman–Crippen MR) is 69.4 cm³/mol. The van der Waals surface area contributed by atoms with E-state index in [1.807, 2.05) is 6.07 Å². The smallest absolute Gasteiger partial charge is 0.270 e. The van der Waals surface area contributed by atoms with Gasteiger partial charge in [0.05, 0.1) is 34.7 Å². The lowest BCUT2D eigenvalue weighted by Crippen LogP contribution is -2.45. The van der Waals surface area contributed by atoms with Crippen molar-refractivity contribution in [2.75, 3.05) is 19.7 Å². The molecule has 1 fully saturated rings. The molecule has 0 radical (unpaired) electrons. The number of carbonyl (C=O) groups excluding carboxylic acids is 1. The Kier molecular flexibility index (Phi) is 4.17. The molecule has 7 nitrogen and oxygen atoms in total. The fourth-order valence-electron chi connectivity index (χ4n) is 1.87. The van der Waals surface area contributed by atoms with Crippen LogP contribution in [0.4, 0.5) is 5.69 Å². The van der Waals surface area contributed by atoms with E-state index in [0.29, 0.717) is 6.54 Å². The number of hydrogen-bond donors (Lipinski definition) is 0. The third-order valence-electron chi connectivity index (χ3n) is 2.89. The van der Waals surface area contributed by atoms with E-state index >= 15 is 0 Å². The largest absolute Gasteiger partial charge is 0.360 e.